The van der Waals surface area contributed by atoms with Crippen molar-refractivity contribution in [2.24, 2.45) is 0 Å². The number of rotatable bonds is 10. The number of hydrogen-bond donors (Lipinski definition) is 0. The van der Waals surface area contributed by atoms with Crippen LogP contribution in [-0.2, 0) is 19.1 Å². The van der Waals surface area contributed by atoms with Crippen LogP contribution in [0.3, 0.4) is 0 Å². The smallest absolute Gasteiger partial charge is 0.305 e. The zero-order chi connectivity index (χ0) is 12.2. The Bertz CT molecular complexity index is 202. The van der Waals surface area contributed by atoms with Gasteiger partial charge >= 0.3 is 5.97 Å². The molecule has 0 aliphatic rings. The lowest BCUT2D eigenvalue weighted by molar-refractivity contribution is -0.144. The highest BCUT2D eigenvalue weighted by molar-refractivity contribution is 5.75. The van der Waals surface area contributed by atoms with E-state index in [-0.39, 0.29) is 26.6 Å². The van der Waals surface area contributed by atoms with Crippen molar-refractivity contribution < 1.29 is 19.1 Å². The Morgan fingerprint density at radius 3 is 2.00 bits per heavy atom. The van der Waals surface area contributed by atoms with Gasteiger partial charge in [-0.3, -0.25) is 4.79 Å². The molecular formula is C14H30O4. The van der Waals surface area contributed by atoms with Crippen LogP contribution in [0.25, 0.3) is 0 Å². The maximum Gasteiger partial charge on any atom is 0.305 e. The summed E-state index contributed by atoms with van der Waals surface area (Å²) in [6.07, 6.45) is 4.23. The van der Waals surface area contributed by atoms with Crippen molar-refractivity contribution in [3.8, 4) is 0 Å². The maximum atomic E-state index is 11.2. The fourth-order valence-electron chi connectivity index (χ4n) is 1.25. The largest absolute Gasteiger partial charge is 0.466 e. The van der Waals surface area contributed by atoms with Crippen LogP contribution in [0.4, 0.5) is 0 Å². The monoisotopic (exact) mass is 262 g/mol. The average molecular weight is 262 g/mol. The Morgan fingerprint density at radius 2 is 1.44 bits per heavy atom. The zero-order valence-corrected chi connectivity index (χ0v) is 10.3. The summed E-state index contributed by atoms with van der Waals surface area (Å²) in [5, 5.41) is 0. The van der Waals surface area contributed by atoms with Crippen LogP contribution in [0.1, 0.15) is 60.3 Å². The molecule has 0 amide bonds. The van der Waals surface area contributed by atoms with E-state index < -0.39 is 0 Å². The van der Waals surface area contributed by atoms with Crippen LogP contribution in [0.2, 0.25) is 0 Å². The second-order valence-corrected chi connectivity index (χ2v) is 3.83. The molecule has 0 aliphatic carbocycles. The van der Waals surface area contributed by atoms with E-state index in [9.17, 15) is 9.59 Å². The molecule has 18 heavy (non-hydrogen) atoms. The Kier molecular flexibility index (Phi) is 19.9. The topological polar surface area (TPSA) is 52.6 Å². The van der Waals surface area contributed by atoms with E-state index in [0.717, 1.165) is 25.7 Å². The number of ketones is 1. The molecule has 0 spiro atoms. The summed E-state index contributed by atoms with van der Waals surface area (Å²) in [4.78, 5) is 21.8. The van der Waals surface area contributed by atoms with Gasteiger partial charge in [0.05, 0.1) is 6.61 Å². The highest BCUT2D eigenvalue weighted by atomic mass is 16.5. The molecule has 0 aromatic carbocycles. The van der Waals surface area contributed by atoms with E-state index >= 15 is 0 Å². The Labute approximate surface area is 112 Å². The normalized spacial score (nSPS) is 9.00. The minimum Gasteiger partial charge on any atom is -0.466 e. The standard InChI is InChI=1S/C12H22O4.2CH4/c1-11(13)7-3-4-8-12(14)16-10-6-5-9-15-2;;/h3-10H2,1-2H3;2*1H4. The van der Waals surface area contributed by atoms with Crippen molar-refractivity contribution in [3.63, 3.8) is 0 Å². The van der Waals surface area contributed by atoms with E-state index in [1.54, 1.807) is 14.0 Å². The molecule has 0 aromatic heterocycles. The Hall–Kier alpha value is -0.900. The SMILES string of the molecule is C.C.COCCCCOC(=O)CCCCC(C)=O. The van der Waals surface area contributed by atoms with Crippen molar-refractivity contribution in [3.05, 3.63) is 0 Å². The summed E-state index contributed by atoms with van der Waals surface area (Å²) >= 11 is 0. The first-order valence-corrected chi connectivity index (χ1v) is 5.81. The van der Waals surface area contributed by atoms with E-state index in [1.165, 1.54) is 0 Å². The van der Waals surface area contributed by atoms with Gasteiger partial charge in [-0.25, -0.2) is 0 Å². The molecule has 0 radical (unpaired) electrons. The second-order valence-electron chi connectivity index (χ2n) is 3.83. The van der Waals surface area contributed by atoms with Gasteiger partial charge in [0.2, 0.25) is 0 Å². The third-order valence-corrected chi connectivity index (χ3v) is 2.17. The van der Waals surface area contributed by atoms with Gasteiger partial charge in [-0.2, -0.15) is 0 Å². The first-order valence-electron chi connectivity index (χ1n) is 5.81. The molecule has 0 N–H and O–H groups in total. The van der Waals surface area contributed by atoms with Gasteiger partial charge < -0.3 is 14.3 Å². The molecule has 0 saturated carbocycles. The molecule has 0 aliphatic heterocycles. The second kappa shape index (κ2) is 16.1. The molecule has 0 atom stereocenters. The number of esters is 1. The molecule has 0 unspecified atom stereocenters. The molecule has 0 saturated heterocycles. The lowest BCUT2D eigenvalue weighted by atomic mass is 10.1. The molecule has 0 rings (SSSR count). The highest BCUT2D eigenvalue weighted by Gasteiger charge is 2.02. The summed E-state index contributed by atoms with van der Waals surface area (Å²) < 4.78 is 9.89. The Morgan fingerprint density at radius 1 is 0.889 bits per heavy atom. The summed E-state index contributed by atoms with van der Waals surface area (Å²) in [5.74, 6) is 0.00824. The Balaban J connectivity index is -0.00000112. The van der Waals surface area contributed by atoms with Crippen molar-refractivity contribution in [2.75, 3.05) is 20.3 Å². The highest BCUT2D eigenvalue weighted by Crippen LogP contribution is 2.02. The number of unbranched alkanes of at least 4 members (excludes halogenated alkanes) is 2. The van der Waals surface area contributed by atoms with Gasteiger partial charge in [0.25, 0.3) is 0 Å². The van der Waals surface area contributed by atoms with Gasteiger partial charge in [0.15, 0.2) is 0 Å². The van der Waals surface area contributed by atoms with Crippen LogP contribution < -0.4 is 0 Å². The average Bonchev–Trinajstić information content (AvgIpc) is 2.24. The van der Waals surface area contributed by atoms with Gasteiger partial charge in [-0.05, 0) is 32.6 Å². The number of ether oxygens (including phenoxy) is 2. The van der Waals surface area contributed by atoms with Crippen molar-refractivity contribution in [2.45, 2.75) is 60.3 Å². The molecule has 110 valence electrons. The summed E-state index contributed by atoms with van der Waals surface area (Å²) in [7, 11) is 1.65. The lowest BCUT2D eigenvalue weighted by Crippen LogP contribution is -2.06. The molecule has 0 aromatic rings. The number of methoxy groups -OCH3 is 1. The first kappa shape index (κ1) is 22.3. The van der Waals surface area contributed by atoms with E-state index in [4.69, 9.17) is 9.47 Å². The molecule has 0 bridgehead atoms. The minimum atomic E-state index is -0.166. The molecule has 0 fully saturated rings. The summed E-state index contributed by atoms with van der Waals surface area (Å²) in [6.45, 7) is 2.74. The molecule has 4 nitrogen and oxygen atoms in total. The number of hydrogen-bond acceptors (Lipinski definition) is 4. The van der Waals surface area contributed by atoms with Crippen LogP contribution >= 0.6 is 0 Å². The van der Waals surface area contributed by atoms with Crippen LogP contribution in [-0.4, -0.2) is 32.1 Å². The van der Waals surface area contributed by atoms with E-state index in [1.807, 2.05) is 0 Å². The van der Waals surface area contributed by atoms with Gasteiger partial charge in [0, 0.05) is 26.6 Å². The van der Waals surface area contributed by atoms with Gasteiger partial charge in [-0.1, -0.05) is 14.9 Å². The maximum absolute atomic E-state index is 11.2. The van der Waals surface area contributed by atoms with E-state index in [2.05, 4.69) is 0 Å². The lowest BCUT2D eigenvalue weighted by Gasteiger charge is -2.04. The predicted octanol–water partition coefficient (Wildman–Crippen LogP) is 3.38. The van der Waals surface area contributed by atoms with Gasteiger partial charge in [-0.15, -0.1) is 0 Å². The zero-order valence-electron chi connectivity index (χ0n) is 10.3. The van der Waals surface area contributed by atoms with E-state index in [0.29, 0.717) is 26.1 Å². The quantitative estimate of drug-likeness (QED) is 0.447. The predicted molar refractivity (Wildman–Crippen MR) is 74.7 cm³/mol. The van der Waals surface area contributed by atoms with Crippen LogP contribution in [0, 0.1) is 0 Å². The summed E-state index contributed by atoms with van der Waals surface area (Å²) in [5.41, 5.74) is 0. The number of Topliss-reactive ketones (excluding diaryl/α,β-unsaturated/α-hetero) is 1. The van der Waals surface area contributed by atoms with Crippen LogP contribution in [0.5, 0.6) is 0 Å². The molecule has 4 heteroatoms. The summed E-state index contributed by atoms with van der Waals surface area (Å²) in [6, 6.07) is 0. The fourth-order valence-corrected chi connectivity index (χ4v) is 1.25. The number of carbonyl (C=O) groups is 2. The fraction of sp³-hybridized carbons (Fsp3) is 0.857. The van der Waals surface area contributed by atoms with Gasteiger partial charge in [0.1, 0.15) is 5.78 Å². The minimum absolute atomic E-state index is 0. The molecule has 0 heterocycles. The van der Waals surface area contributed by atoms with Crippen molar-refractivity contribution >= 4 is 11.8 Å². The first-order chi connectivity index (χ1) is 7.66. The number of carbonyl (C=O) groups excluding carboxylic acids is 2. The van der Waals surface area contributed by atoms with Crippen molar-refractivity contribution in [1.82, 2.24) is 0 Å². The van der Waals surface area contributed by atoms with Crippen molar-refractivity contribution in [1.29, 1.82) is 0 Å². The third kappa shape index (κ3) is 17.5. The molecular weight excluding hydrogens is 232 g/mol. The third-order valence-electron chi connectivity index (χ3n) is 2.17. The van der Waals surface area contributed by atoms with Crippen LogP contribution in [0.15, 0.2) is 0 Å².